The molecule has 2 rings (SSSR count). The van der Waals surface area contributed by atoms with Gasteiger partial charge in [-0.15, -0.1) is 0 Å². The Hall–Kier alpha value is -2.35. The van der Waals surface area contributed by atoms with Crippen LogP contribution in [0.2, 0.25) is 0 Å². The number of rotatable bonds is 3. The number of carbonyl (C=O) groups excluding carboxylic acids is 1. The smallest absolute Gasteiger partial charge is 0.272 e. The van der Waals surface area contributed by atoms with E-state index in [9.17, 15) is 19.3 Å². The molecule has 0 unspecified atom stereocenters. The Kier molecular flexibility index (Phi) is 4.27. The Bertz CT molecular complexity index is 737. The minimum atomic E-state index is -0.962. The highest BCUT2D eigenvalue weighted by Crippen LogP contribution is 2.20. The number of anilines is 1. The van der Waals surface area contributed by atoms with Crippen LogP contribution in [0.15, 0.2) is 34.9 Å². The molecule has 2 aromatic rings. The standard InChI is InChI=1S/C13H9BrFN3O3/c1-7-4-8(14)6-16-12(7)17-13(19)10-3-2-9(18(20)21)5-11(10)15/h2-6H,1H3,(H,16,17,19). The molecule has 8 heteroatoms. The summed E-state index contributed by atoms with van der Waals surface area (Å²) in [5.41, 5.74) is -0.00763. The van der Waals surface area contributed by atoms with Crippen LogP contribution in [0.3, 0.4) is 0 Å². The van der Waals surface area contributed by atoms with Crippen LogP contribution < -0.4 is 5.32 Å². The molecule has 0 spiro atoms. The monoisotopic (exact) mass is 353 g/mol. The normalized spacial score (nSPS) is 10.2. The van der Waals surface area contributed by atoms with E-state index in [-0.39, 0.29) is 5.56 Å². The maximum absolute atomic E-state index is 13.7. The van der Waals surface area contributed by atoms with Crippen LogP contribution in [-0.2, 0) is 0 Å². The third-order valence-electron chi connectivity index (χ3n) is 2.68. The van der Waals surface area contributed by atoms with Gasteiger partial charge >= 0.3 is 0 Å². The zero-order valence-electron chi connectivity index (χ0n) is 10.8. The molecular formula is C13H9BrFN3O3. The lowest BCUT2D eigenvalue weighted by Gasteiger charge is -2.08. The summed E-state index contributed by atoms with van der Waals surface area (Å²) in [6.07, 6.45) is 1.49. The van der Waals surface area contributed by atoms with E-state index >= 15 is 0 Å². The van der Waals surface area contributed by atoms with Gasteiger partial charge in [0.1, 0.15) is 11.6 Å². The first-order valence-electron chi connectivity index (χ1n) is 5.76. The molecule has 0 fully saturated rings. The van der Waals surface area contributed by atoms with E-state index in [1.165, 1.54) is 6.20 Å². The number of hydrogen-bond donors (Lipinski definition) is 1. The number of halogens is 2. The van der Waals surface area contributed by atoms with Crippen LogP contribution in [0.25, 0.3) is 0 Å². The Morgan fingerprint density at radius 2 is 2.14 bits per heavy atom. The summed E-state index contributed by atoms with van der Waals surface area (Å²) < 4.78 is 14.5. The highest BCUT2D eigenvalue weighted by atomic mass is 79.9. The van der Waals surface area contributed by atoms with Crippen molar-refractivity contribution in [1.29, 1.82) is 0 Å². The Morgan fingerprint density at radius 1 is 1.43 bits per heavy atom. The van der Waals surface area contributed by atoms with Crippen molar-refractivity contribution in [3.8, 4) is 0 Å². The van der Waals surface area contributed by atoms with Gasteiger partial charge in [0.15, 0.2) is 0 Å². The predicted octanol–water partition coefficient (Wildman–Crippen LogP) is 3.45. The number of hydrogen-bond acceptors (Lipinski definition) is 4. The van der Waals surface area contributed by atoms with Gasteiger partial charge in [0.25, 0.3) is 11.6 Å². The first-order valence-corrected chi connectivity index (χ1v) is 6.55. The summed E-state index contributed by atoms with van der Waals surface area (Å²) >= 11 is 3.24. The maximum Gasteiger partial charge on any atom is 0.272 e. The van der Waals surface area contributed by atoms with Gasteiger partial charge in [-0.25, -0.2) is 9.37 Å². The highest BCUT2D eigenvalue weighted by Gasteiger charge is 2.17. The summed E-state index contributed by atoms with van der Waals surface area (Å²) in [7, 11) is 0. The molecule has 0 saturated heterocycles. The highest BCUT2D eigenvalue weighted by molar-refractivity contribution is 9.10. The summed E-state index contributed by atoms with van der Waals surface area (Å²) in [4.78, 5) is 25.8. The van der Waals surface area contributed by atoms with Crippen molar-refractivity contribution in [2.75, 3.05) is 5.32 Å². The number of aryl methyl sites for hydroxylation is 1. The minimum Gasteiger partial charge on any atom is -0.306 e. The van der Waals surface area contributed by atoms with E-state index in [4.69, 9.17) is 0 Å². The molecule has 0 bridgehead atoms. The van der Waals surface area contributed by atoms with E-state index in [0.717, 1.165) is 16.6 Å². The Labute approximate surface area is 127 Å². The van der Waals surface area contributed by atoms with Gasteiger partial charge in [-0.1, -0.05) is 0 Å². The van der Waals surface area contributed by atoms with E-state index in [0.29, 0.717) is 17.4 Å². The molecule has 1 heterocycles. The summed E-state index contributed by atoms with van der Waals surface area (Å²) in [6.45, 7) is 1.74. The van der Waals surface area contributed by atoms with E-state index in [1.807, 2.05) is 0 Å². The molecule has 0 radical (unpaired) electrons. The van der Waals surface area contributed by atoms with Crippen LogP contribution in [0.1, 0.15) is 15.9 Å². The quantitative estimate of drug-likeness (QED) is 0.676. The number of non-ortho nitro benzene ring substituents is 1. The fourth-order valence-corrected chi connectivity index (χ4v) is 2.09. The van der Waals surface area contributed by atoms with Gasteiger partial charge in [-0.2, -0.15) is 0 Å². The van der Waals surface area contributed by atoms with Crippen LogP contribution in [-0.4, -0.2) is 15.8 Å². The first-order chi connectivity index (χ1) is 9.88. The van der Waals surface area contributed by atoms with Crippen LogP contribution >= 0.6 is 15.9 Å². The van der Waals surface area contributed by atoms with Crippen molar-refractivity contribution in [3.63, 3.8) is 0 Å². The molecule has 1 aromatic heterocycles. The average molecular weight is 354 g/mol. The van der Waals surface area contributed by atoms with Crippen molar-refractivity contribution in [2.45, 2.75) is 6.92 Å². The maximum atomic E-state index is 13.7. The van der Waals surface area contributed by atoms with Crippen LogP contribution in [0, 0.1) is 22.9 Å². The lowest BCUT2D eigenvalue weighted by molar-refractivity contribution is -0.385. The molecule has 6 nitrogen and oxygen atoms in total. The number of nitrogens with zero attached hydrogens (tertiary/aromatic N) is 2. The fourth-order valence-electron chi connectivity index (χ4n) is 1.65. The van der Waals surface area contributed by atoms with Crippen LogP contribution in [0.5, 0.6) is 0 Å². The summed E-state index contributed by atoms with van der Waals surface area (Å²) in [5.74, 6) is -1.39. The zero-order chi connectivity index (χ0) is 15.6. The molecule has 1 N–H and O–H groups in total. The molecule has 0 atom stereocenters. The second-order valence-electron chi connectivity index (χ2n) is 4.19. The molecule has 0 aliphatic carbocycles. The molecule has 108 valence electrons. The number of nitrogens with one attached hydrogen (secondary N) is 1. The number of carbonyl (C=O) groups is 1. The molecule has 0 aliphatic rings. The van der Waals surface area contributed by atoms with Gasteiger partial charge in [0.2, 0.25) is 0 Å². The lowest BCUT2D eigenvalue weighted by Crippen LogP contribution is -2.15. The second-order valence-corrected chi connectivity index (χ2v) is 5.11. The molecule has 1 amide bonds. The second kappa shape index (κ2) is 5.96. The predicted molar refractivity (Wildman–Crippen MR) is 77.7 cm³/mol. The topological polar surface area (TPSA) is 85.1 Å². The first kappa shape index (κ1) is 15.0. The van der Waals surface area contributed by atoms with Gasteiger partial charge in [-0.3, -0.25) is 14.9 Å². The largest absolute Gasteiger partial charge is 0.306 e. The van der Waals surface area contributed by atoms with Gasteiger partial charge in [0.05, 0.1) is 16.6 Å². The summed E-state index contributed by atoms with van der Waals surface area (Å²) in [6, 6.07) is 4.59. The fraction of sp³-hybridized carbons (Fsp3) is 0.0769. The minimum absolute atomic E-state index is 0.287. The third-order valence-corrected chi connectivity index (χ3v) is 3.12. The van der Waals surface area contributed by atoms with Crippen molar-refractivity contribution in [1.82, 2.24) is 4.98 Å². The molecule has 1 aromatic carbocycles. The van der Waals surface area contributed by atoms with E-state index < -0.39 is 22.3 Å². The molecule has 0 aliphatic heterocycles. The number of benzene rings is 1. The Balaban J connectivity index is 2.26. The van der Waals surface area contributed by atoms with Crippen molar-refractivity contribution < 1.29 is 14.1 Å². The van der Waals surface area contributed by atoms with E-state index in [2.05, 4.69) is 26.2 Å². The molecular weight excluding hydrogens is 345 g/mol. The number of aromatic nitrogens is 1. The van der Waals surface area contributed by atoms with Gasteiger partial charge in [-0.05, 0) is 40.5 Å². The SMILES string of the molecule is Cc1cc(Br)cnc1NC(=O)c1ccc([N+](=O)[O-])cc1F. The number of nitro groups is 1. The zero-order valence-corrected chi connectivity index (χ0v) is 12.3. The van der Waals surface area contributed by atoms with Crippen LogP contribution in [0.4, 0.5) is 15.9 Å². The number of amides is 1. The van der Waals surface area contributed by atoms with Crippen molar-refractivity contribution in [2.24, 2.45) is 0 Å². The summed E-state index contributed by atoms with van der Waals surface area (Å²) in [5, 5.41) is 13.0. The third kappa shape index (κ3) is 3.40. The average Bonchev–Trinajstić information content (AvgIpc) is 2.41. The van der Waals surface area contributed by atoms with Crippen molar-refractivity contribution >= 4 is 33.3 Å². The number of nitro benzene ring substituents is 1. The molecule has 0 saturated carbocycles. The van der Waals surface area contributed by atoms with Gasteiger partial charge in [0, 0.05) is 16.7 Å². The molecule has 21 heavy (non-hydrogen) atoms. The number of pyridine rings is 1. The van der Waals surface area contributed by atoms with E-state index in [1.54, 1.807) is 13.0 Å². The van der Waals surface area contributed by atoms with Gasteiger partial charge < -0.3 is 5.32 Å². The lowest BCUT2D eigenvalue weighted by atomic mass is 10.1. The Morgan fingerprint density at radius 3 is 2.71 bits per heavy atom. The van der Waals surface area contributed by atoms with Crippen molar-refractivity contribution in [3.05, 3.63) is 62.0 Å².